The van der Waals surface area contributed by atoms with Gasteiger partial charge in [0.15, 0.2) is 0 Å². The van der Waals surface area contributed by atoms with Crippen molar-refractivity contribution in [2.75, 3.05) is 17.2 Å². The number of carbonyl (C=O) groups excluding carboxylic acids is 1. The molecule has 0 fully saturated rings. The molecule has 0 spiro atoms. The number of hydrogen-bond donors (Lipinski definition) is 2. The van der Waals surface area contributed by atoms with Gasteiger partial charge in [0.1, 0.15) is 5.82 Å². The summed E-state index contributed by atoms with van der Waals surface area (Å²) in [4.78, 5) is 22.2. The lowest BCUT2D eigenvalue weighted by Gasteiger charge is -2.10. The summed E-state index contributed by atoms with van der Waals surface area (Å²) >= 11 is 0. The summed E-state index contributed by atoms with van der Waals surface area (Å²) in [5, 5.41) is 16.2. The van der Waals surface area contributed by atoms with Gasteiger partial charge in [-0.05, 0) is 31.2 Å². The van der Waals surface area contributed by atoms with Gasteiger partial charge < -0.3 is 10.6 Å². The van der Waals surface area contributed by atoms with Crippen molar-refractivity contribution in [1.82, 2.24) is 0 Å². The molecule has 2 aromatic rings. The predicted molar refractivity (Wildman–Crippen MR) is 81.4 cm³/mol. The molecule has 0 saturated carbocycles. The molecular formula is C15H14FN3O3. The summed E-state index contributed by atoms with van der Waals surface area (Å²) in [6, 6.07) is 10.2. The Labute approximate surface area is 126 Å². The van der Waals surface area contributed by atoms with Gasteiger partial charge in [0.25, 0.3) is 5.69 Å². The van der Waals surface area contributed by atoms with E-state index in [9.17, 15) is 19.3 Å². The van der Waals surface area contributed by atoms with Crippen LogP contribution in [0.25, 0.3) is 0 Å². The Morgan fingerprint density at radius 1 is 1.27 bits per heavy atom. The zero-order chi connectivity index (χ0) is 16.1. The van der Waals surface area contributed by atoms with E-state index in [-0.39, 0.29) is 18.1 Å². The highest BCUT2D eigenvalue weighted by Crippen LogP contribution is 2.24. The Hall–Kier alpha value is -2.96. The highest BCUT2D eigenvalue weighted by Gasteiger charge is 2.14. The molecule has 0 saturated heterocycles. The van der Waals surface area contributed by atoms with Gasteiger partial charge >= 0.3 is 0 Å². The molecule has 0 aromatic heterocycles. The third kappa shape index (κ3) is 3.78. The molecule has 6 nitrogen and oxygen atoms in total. The molecule has 2 rings (SSSR count). The standard InChI is InChI=1S/C15H14FN3O3/c1-10-13(6-3-7-14(10)19(21)22)18-15(20)9-17-12-5-2-4-11(16)8-12/h2-8,17H,9H2,1H3,(H,18,20). The van der Waals surface area contributed by atoms with Crippen LogP contribution in [0.3, 0.4) is 0 Å². The Kier molecular flexibility index (Phi) is 4.67. The highest BCUT2D eigenvalue weighted by atomic mass is 19.1. The Morgan fingerprint density at radius 2 is 2.00 bits per heavy atom. The van der Waals surface area contributed by atoms with Gasteiger partial charge in [-0.1, -0.05) is 12.1 Å². The number of benzene rings is 2. The minimum Gasteiger partial charge on any atom is -0.376 e. The molecule has 7 heteroatoms. The van der Waals surface area contributed by atoms with Gasteiger partial charge in [-0.25, -0.2) is 4.39 Å². The van der Waals surface area contributed by atoms with Crippen LogP contribution >= 0.6 is 0 Å². The molecule has 114 valence electrons. The normalized spacial score (nSPS) is 10.1. The lowest BCUT2D eigenvalue weighted by Crippen LogP contribution is -2.22. The maximum atomic E-state index is 13.0. The highest BCUT2D eigenvalue weighted by molar-refractivity contribution is 5.94. The van der Waals surface area contributed by atoms with Crippen LogP contribution in [0.15, 0.2) is 42.5 Å². The van der Waals surface area contributed by atoms with E-state index in [0.29, 0.717) is 16.9 Å². The molecule has 0 unspecified atom stereocenters. The first-order valence-corrected chi connectivity index (χ1v) is 6.50. The van der Waals surface area contributed by atoms with Crippen molar-refractivity contribution in [2.45, 2.75) is 6.92 Å². The second-order valence-electron chi connectivity index (χ2n) is 4.62. The average molecular weight is 303 g/mol. The van der Waals surface area contributed by atoms with Gasteiger partial charge in [-0.2, -0.15) is 0 Å². The summed E-state index contributed by atoms with van der Waals surface area (Å²) in [5.41, 5.74) is 1.17. The van der Waals surface area contributed by atoms with Gasteiger partial charge in [0.05, 0.1) is 22.7 Å². The van der Waals surface area contributed by atoms with Crippen molar-refractivity contribution in [2.24, 2.45) is 0 Å². The van der Waals surface area contributed by atoms with Crippen LogP contribution in [0.1, 0.15) is 5.56 Å². The first-order chi connectivity index (χ1) is 10.5. The quantitative estimate of drug-likeness (QED) is 0.656. The van der Waals surface area contributed by atoms with Crippen molar-refractivity contribution in [1.29, 1.82) is 0 Å². The second-order valence-corrected chi connectivity index (χ2v) is 4.62. The van der Waals surface area contributed by atoms with Crippen molar-refractivity contribution in [3.05, 3.63) is 64.0 Å². The lowest BCUT2D eigenvalue weighted by atomic mass is 10.1. The molecule has 2 aromatic carbocycles. The zero-order valence-corrected chi connectivity index (χ0v) is 11.8. The summed E-state index contributed by atoms with van der Waals surface area (Å²) in [5.74, 6) is -0.784. The zero-order valence-electron chi connectivity index (χ0n) is 11.8. The predicted octanol–water partition coefficient (Wildman–Crippen LogP) is 3.09. The number of nitrogens with zero attached hydrogens (tertiary/aromatic N) is 1. The maximum Gasteiger partial charge on any atom is 0.274 e. The van der Waals surface area contributed by atoms with Crippen molar-refractivity contribution >= 4 is 23.0 Å². The van der Waals surface area contributed by atoms with E-state index in [4.69, 9.17) is 0 Å². The first kappa shape index (κ1) is 15.4. The van der Waals surface area contributed by atoms with Crippen LogP contribution in [0, 0.1) is 22.9 Å². The minimum absolute atomic E-state index is 0.0594. The number of halogens is 1. The molecule has 22 heavy (non-hydrogen) atoms. The fraction of sp³-hybridized carbons (Fsp3) is 0.133. The molecule has 0 radical (unpaired) electrons. The fourth-order valence-corrected chi connectivity index (χ4v) is 1.93. The molecular weight excluding hydrogens is 289 g/mol. The van der Waals surface area contributed by atoms with Crippen LogP contribution in [0.4, 0.5) is 21.5 Å². The van der Waals surface area contributed by atoms with Crippen LogP contribution in [-0.2, 0) is 4.79 Å². The third-order valence-corrected chi connectivity index (χ3v) is 3.05. The molecule has 0 aliphatic heterocycles. The number of amides is 1. The van der Waals surface area contributed by atoms with Crippen LogP contribution in [-0.4, -0.2) is 17.4 Å². The average Bonchev–Trinajstić information content (AvgIpc) is 2.47. The topological polar surface area (TPSA) is 84.3 Å². The van der Waals surface area contributed by atoms with Crippen LogP contribution in [0.2, 0.25) is 0 Å². The molecule has 0 heterocycles. The second kappa shape index (κ2) is 6.66. The van der Waals surface area contributed by atoms with Gasteiger partial charge in [-0.3, -0.25) is 14.9 Å². The molecule has 2 N–H and O–H groups in total. The van der Waals surface area contributed by atoms with Crippen molar-refractivity contribution < 1.29 is 14.1 Å². The van der Waals surface area contributed by atoms with E-state index in [2.05, 4.69) is 10.6 Å². The lowest BCUT2D eigenvalue weighted by molar-refractivity contribution is -0.385. The monoisotopic (exact) mass is 303 g/mol. The number of hydrogen-bond acceptors (Lipinski definition) is 4. The minimum atomic E-state index is -0.504. The van der Waals surface area contributed by atoms with Gasteiger partial charge in [0, 0.05) is 11.8 Å². The van der Waals surface area contributed by atoms with Crippen LogP contribution < -0.4 is 10.6 Å². The summed E-state index contributed by atoms with van der Waals surface area (Å²) in [6.07, 6.45) is 0. The Bertz CT molecular complexity index is 719. The number of carbonyl (C=O) groups is 1. The largest absolute Gasteiger partial charge is 0.376 e. The smallest absolute Gasteiger partial charge is 0.274 e. The number of anilines is 2. The number of nitro benzene ring substituents is 1. The Balaban J connectivity index is 2.01. The molecule has 1 amide bonds. The summed E-state index contributed by atoms with van der Waals surface area (Å²) in [7, 11) is 0. The number of nitro groups is 1. The van der Waals surface area contributed by atoms with Gasteiger partial charge in [0.2, 0.25) is 5.91 Å². The maximum absolute atomic E-state index is 13.0. The van der Waals surface area contributed by atoms with Gasteiger partial charge in [-0.15, -0.1) is 0 Å². The van der Waals surface area contributed by atoms with Crippen molar-refractivity contribution in [3.8, 4) is 0 Å². The van der Waals surface area contributed by atoms with E-state index in [1.807, 2.05) is 0 Å². The van der Waals surface area contributed by atoms with E-state index >= 15 is 0 Å². The SMILES string of the molecule is Cc1c(NC(=O)CNc2cccc(F)c2)cccc1[N+](=O)[O-]. The first-order valence-electron chi connectivity index (χ1n) is 6.50. The molecule has 0 bridgehead atoms. The number of nitrogens with one attached hydrogen (secondary N) is 2. The van der Waals surface area contributed by atoms with Crippen molar-refractivity contribution in [3.63, 3.8) is 0 Å². The fourth-order valence-electron chi connectivity index (χ4n) is 1.93. The summed E-state index contributed by atoms with van der Waals surface area (Å²) < 4.78 is 13.0. The Morgan fingerprint density at radius 3 is 2.68 bits per heavy atom. The van der Waals surface area contributed by atoms with E-state index in [1.54, 1.807) is 19.1 Å². The van der Waals surface area contributed by atoms with E-state index in [0.717, 1.165) is 0 Å². The van der Waals surface area contributed by atoms with E-state index < -0.39 is 10.7 Å². The molecule has 0 aliphatic carbocycles. The molecule has 0 atom stereocenters. The summed E-state index contributed by atoms with van der Waals surface area (Å²) in [6.45, 7) is 1.49. The van der Waals surface area contributed by atoms with Crippen LogP contribution in [0.5, 0.6) is 0 Å². The molecule has 0 aliphatic rings. The third-order valence-electron chi connectivity index (χ3n) is 3.05. The number of rotatable bonds is 5. The van der Waals surface area contributed by atoms with E-state index in [1.165, 1.54) is 30.3 Å².